The van der Waals surface area contributed by atoms with Gasteiger partial charge in [-0.15, -0.1) is 0 Å². The molecular formula is C21H23FN+. The number of nitrogens with zero attached hydrogens (tertiary/aromatic N) is 1. The Labute approximate surface area is 137 Å². The van der Waals surface area contributed by atoms with Crippen molar-refractivity contribution in [2.24, 2.45) is 0 Å². The van der Waals surface area contributed by atoms with Crippen LogP contribution in [0.3, 0.4) is 0 Å². The van der Waals surface area contributed by atoms with E-state index in [1.165, 1.54) is 16.5 Å². The molecule has 1 heterocycles. The molecule has 1 nitrogen and oxygen atoms in total. The van der Waals surface area contributed by atoms with Gasteiger partial charge in [0.2, 0.25) is 11.2 Å². The topological polar surface area (TPSA) is 3.88 Å². The normalized spacial score (nSPS) is 11.6. The predicted molar refractivity (Wildman–Crippen MR) is 94.0 cm³/mol. The summed E-state index contributed by atoms with van der Waals surface area (Å²) in [4.78, 5) is 0. The van der Waals surface area contributed by atoms with Crippen molar-refractivity contribution in [2.75, 3.05) is 0 Å². The largest absolute Gasteiger partial charge is 0.213 e. The fourth-order valence-electron chi connectivity index (χ4n) is 3.26. The number of fused-ring (bicyclic) bond motifs is 1. The lowest BCUT2D eigenvalue weighted by Gasteiger charge is -2.15. The molecule has 0 N–H and O–H groups in total. The lowest BCUT2D eigenvalue weighted by atomic mass is 9.94. The van der Waals surface area contributed by atoms with Crippen molar-refractivity contribution in [1.82, 2.24) is 0 Å². The number of para-hydroxylation sites is 1. The number of benzene rings is 2. The van der Waals surface area contributed by atoms with Gasteiger partial charge in [0.15, 0.2) is 6.04 Å². The summed E-state index contributed by atoms with van der Waals surface area (Å²) in [5, 5.41) is 1.20. The maximum atomic E-state index is 13.9. The highest BCUT2D eigenvalue weighted by Gasteiger charge is 2.23. The first-order valence-electron chi connectivity index (χ1n) is 8.22. The Balaban J connectivity index is 2.37. The highest BCUT2D eigenvalue weighted by atomic mass is 19.1. The van der Waals surface area contributed by atoms with Crippen molar-refractivity contribution in [3.8, 4) is 11.3 Å². The monoisotopic (exact) mass is 308 g/mol. The third-order valence-electron chi connectivity index (χ3n) is 4.31. The first-order valence-corrected chi connectivity index (χ1v) is 8.22. The Morgan fingerprint density at radius 2 is 1.61 bits per heavy atom. The van der Waals surface area contributed by atoms with Crippen LogP contribution in [0.4, 0.5) is 4.39 Å². The SMILES string of the molecule is CC(C)c1ccc(F)cc1-c1ccc2ccccc2[n+]1C(C)C. The fraction of sp³-hybridized carbons (Fsp3) is 0.286. The van der Waals surface area contributed by atoms with Crippen molar-refractivity contribution in [3.63, 3.8) is 0 Å². The highest BCUT2D eigenvalue weighted by Crippen LogP contribution is 2.30. The van der Waals surface area contributed by atoms with Crippen LogP contribution in [0.5, 0.6) is 0 Å². The molecule has 23 heavy (non-hydrogen) atoms. The quantitative estimate of drug-likeness (QED) is 0.551. The van der Waals surface area contributed by atoms with Crippen LogP contribution in [0.15, 0.2) is 54.6 Å². The minimum atomic E-state index is -0.187. The molecule has 3 aromatic rings. The maximum Gasteiger partial charge on any atom is 0.213 e. The van der Waals surface area contributed by atoms with Crippen molar-refractivity contribution in [2.45, 2.75) is 39.7 Å². The van der Waals surface area contributed by atoms with Crippen molar-refractivity contribution >= 4 is 10.9 Å². The van der Waals surface area contributed by atoms with Gasteiger partial charge in [-0.25, -0.2) is 4.39 Å². The van der Waals surface area contributed by atoms with Crippen LogP contribution >= 0.6 is 0 Å². The summed E-state index contributed by atoms with van der Waals surface area (Å²) in [6.07, 6.45) is 0. The minimum Gasteiger partial charge on any atom is -0.207 e. The number of aromatic nitrogens is 1. The first-order chi connectivity index (χ1) is 11.0. The van der Waals surface area contributed by atoms with E-state index in [4.69, 9.17) is 0 Å². The zero-order valence-corrected chi connectivity index (χ0v) is 14.2. The van der Waals surface area contributed by atoms with E-state index in [1.807, 2.05) is 6.07 Å². The molecule has 0 saturated carbocycles. The lowest BCUT2D eigenvalue weighted by molar-refractivity contribution is -0.680. The van der Waals surface area contributed by atoms with Gasteiger partial charge in [0.05, 0.1) is 5.56 Å². The number of pyridine rings is 1. The van der Waals surface area contributed by atoms with E-state index in [1.54, 1.807) is 12.1 Å². The molecule has 0 aliphatic carbocycles. The van der Waals surface area contributed by atoms with E-state index in [9.17, 15) is 4.39 Å². The van der Waals surface area contributed by atoms with Crippen molar-refractivity contribution in [1.29, 1.82) is 0 Å². The molecule has 0 unspecified atom stereocenters. The molecule has 2 aromatic carbocycles. The maximum absolute atomic E-state index is 13.9. The molecule has 0 radical (unpaired) electrons. The zero-order chi connectivity index (χ0) is 16.6. The molecule has 0 fully saturated rings. The summed E-state index contributed by atoms with van der Waals surface area (Å²) in [5.41, 5.74) is 4.41. The first kappa shape index (κ1) is 15.7. The smallest absolute Gasteiger partial charge is 0.207 e. The average Bonchev–Trinajstić information content (AvgIpc) is 2.53. The van der Waals surface area contributed by atoms with Crippen LogP contribution in [-0.2, 0) is 0 Å². The van der Waals surface area contributed by atoms with Crippen LogP contribution in [0, 0.1) is 5.82 Å². The van der Waals surface area contributed by atoms with Crippen molar-refractivity contribution < 1.29 is 8.96 Å². The van der Waals surface area contributed by atoms with Gasteiger partial charge in [-0.3, -0.25) is 0 Å². The van der Waals surface area contributed by atoms with E-state index < -0.39 is 0 Å². The van der Waals surface area contributed by atoms with Crippen LogP contribution in [0.2, 0.25) is 0 Å². The zero-order valence-electron chi connectivity index (χ0n) is 14.2. The van der Waals surface area contributed by atoms with Gasteiger partial charge in [-0.05, 0) is 49.6 Å². The van der Waals surface area contributed by atoms with E-state index in [0.29, 0.717) is 12.0 Å². The van der Waals surface area contributed by atoms with Gasteiger partial charge in [-0.2, -0.15) is 4.57 Å². The predicted octanol–water partition coefficient (Wildman–Crippen LogP) is 5.64. The lowest BCUT2D eigenvalue weighted by Crippen LogP contribution is -2.39. The second-order valence-corrected chi connectivity index (χ2v) is 6.63. The molecular weight excluding hydrogens is 285 g/mol. The molecule has 0 aliphatic rings. The van der Waals surface area contributed by atoms with Crippen LogP contribution in [0.25, 0.3) is 22.2 Å². The average molecular weight is 308 g/mol. The van der Waals surface area contributed by atoms with Crippen LogP contribution in [-0.4, -0.2) is 0 Å². The number of hydrogen-bond acceptors (Lipinski definition) is 0. The van der Waals surface area contributed by atoms with Gasteiger partial charge in [-0.1, -0.05) is 32.0 Å². The number of rotatable bonds is 3. The summed E-state index contributed by atoms with van der Waals surface area (Å²) in [6.45, 7) is 8.64. The molecule has 1 aromatic heterocycles. The highest BCUT2D eigenvalue weighted by molar-refractivity contribution is 5.78. The fourth-order valence-corrected chi connectivity index (χ4v) is 3.26. The van der Waals surface area contributed by atoms with Crippen LogP contribution in [0.1, 0.15) is 45.2 Å². The summed E-state index contributed by atoms with van der Waals surface area (Å²) < 4.78 is 16.2. The molecule has 2 heteroatoms. The Hall–Kier alpha value is -2.22. The summed E-state index contributed by atoms with van der Waals surface area (Å²) >= 11 is 0. The van der Waals surface area contributed by atoms with Gasteiger partial charge in [0.1, 0.15) is 5.82 Å². The molecule has 0 bridgehead atoms. The van der Waals surface area contributed by atoms with E-state index in [0.717, 1.165) is 11.3 Å². The minimum absolute atomic E-state index is 0.187. The molecule has 0 atom stereocenters. The Morgan fingerprint density at radius 1 is 0.870 bits per heavy atom. The molecule has 0 amide bonds. The molecule has 0 aliphatic heterocycles. The van der Waals surface area contributed by atoms with Gasteiger partial charge < -0.3 is 0 Å². The summed E-state index contributed by atoms with van der Waals surface area (Å²) in [6, 6.07) is 18.0. The summed E-state index contributed by atoms with van der Waals surface area (Å²) in [5.74, 6) is 0.158. The van der Waals surface area contributed by atoms with Crippen molar-refractivity contribution in [3.05, 3.63) is 66.0 Å². The Kier molecular flexibility index (Phi) is 4.16. The standard InChI is InChI=1S/C21H23FN/c1-14(2)18-11-10-17(22)13-19(18)21-12-9-16-7-5-6-8-20(16)23(21)15(3)4/h5-15H,1-4H3/q+1. The van der Waals surface area contributed by atoms with Gasteiger partial charge in [0.25, 0.3) is 0 Å². The third kappa shape index (κ3) is 2.86. The molecule has 0 saturated heterocycles. The van der Waals surface area contributed by atoms with E-state index in [2.05, 4.69) is 68.7 Å². The van der Waals surface area contributed by atoms with Gasteiger partial charge in [0, 0.05) is 17.5 Å². The summed E-state index contributed by atoms with van der Waals surface area (Å²) in [7, 11) is 0. The Morgan fingerprint density at radius 3 is 2.30 bits per heavy atom. The molecule has 0 spiro atoms. The second kappa shape index (κ2) is 6.11. The molecule has 3 rings (SSSR count). The second-order valence-electron chi connectivity index (χ2n) is 6.63. The molecule has 118 valence electrons. The Bertz CT molecular complexity index is 850. The van der Waals surface area contributed by atoms with E-state index in [-0.39, 0.29) is 5.82 Å². The van der Waals surface area contributed by atoms with E-state index >= 15 is 0 Å². The number of halogens is 1. The van der Waals surface area contributed by atoms with Gasteiger partial charge >= 0.3 is 0 Å². The van der Waals surface area contributed by atoms with Crippen LogP contribution < -0.4 is 4.57 Å². The number of hydrogen-bond donors (Lipinski definition) is 0. The third-order valence-corrected chi connectivity index (χ3v) is 4.31.